The van der Waals surface area contributed by atoms with Gasteiger partial charge in [0.2, 0.25) is 0 Å². The van der Waals surface area contributed by atoms with E-state index >= 15 is 0 Å². The Hall–Kier alpha value is -2.40. The first-order valence-electron chi connectivity index (χ1n) is 6.60. The van der Waals surface area contributed by atoms with Crippen molar-refractivity contribution in [2.24, 2.45) is 5.16 Å². The fourth-order valence-electron chi connectivity index (χ4n) is 1.82. The summed E-state index contributed by atoms with van der Waals surface area (Å²) in [5.41, 5.74) is 0.707. The van der Waals surface area contributed by atoms with Crippen LogP contribution < -0.4 is 14.2 Å². The van der Waals surface area contributed by atoms with E-state index in [2.05, 4.69) is 5.16 Å². The monoisotopic (exact) mass is 321 g/mol. The first-order chi connectivity index (χ1) is 10.7. The van der Waals surface area contributed by atoms with Gasteiger partial charge in [-0.15, -0.1) is 0 Å². The third-order valence-corrected chi connectivity index (χ3v) is 3.14. The zero-order valence-corrected chi connectivity index (χ0v) is 12.8. The van der Waals surface area contributed by atoms with Crippen LogP contribution >= 0.6 is 11.6 Å². The molecule has 0 aliphatic carbocycles. The van der Waals surface area contributed by atoms with E-state index in [1.54, 1.807) is 37.4 Å². The second kappa shape index (κ2) is 8.14. The van der Waals surface area contributed by atoms with Crippen LogP contribution in [0.25, 0.3) is 0 Å². The van der Waals surface area contributed by atoms with Gasteiger partial charge in [-0.1, -0.05) is 28.9 Å². The van der Waals surface area contributed by atoms with Crippen molar-refractivity contribution in [2.75, 3.05) is 20.3 Å². The van der Waals surface area contributed by atoms with Gasteiger partial charge in [-0.3, -0.25) is 0 Å². The Morgan fingerprint density at radius 2 is 1.77 bits per heavy atom. The standard InChI is InChI=1S/C16H16ClNO4/c1-20-16-10-12(11-18-19)6-7-15(16)22-9-8-21-14-5-3-2-4-13(14)17/h2-7,10-11,19H,8-9H2,1H3. The number of hydrogen-bond donors (Lipinski definition) is 1. The molecule has 6 heteroatoms. The van der Waals surface area contributed by atoms with Crippen molar-refractivity contribution >= 4 is 17.8 Å². The van der Waals surface area contributed by atoms with Crippen molar-refractivity contribution in [3.63, 3.8) is 0 Å². The number of hydrogen-bond acceptors (Lipinski definition) is 5. The predicted molar refractivity (Wildman–Crippen MR) is 84.8 cm³/mol. The van der Waals surface area contributed by atoms with Crippen molar-refractivity contribution < 1.29 is 19.4 Å². The SMILES string of the molecule is COc1cc(C=NO)ccc1OCCOc1ccccc1Cl. The fourth-order valence-corrected chi connectivity index (χ4v) is 2.01. The van der Waals surface area contributed by atoms with E-state index in [1.807, 2.05) is 12.1 Å². The number of oxime groups is 1. The van der Waals surface area contributed by atoms with Crippen LogP contribution in [-0.4, -0.2) is 31.7 Å². The summed E-state index contributed by atoms with van der Waals surface area (Å²) in [4.78, 5) is 0. The second-order valence-electron chi connectivity index (χ2n) is 4.28. The molecular weight excluding hydrogens is 306 g/mol. The molecule has 0 aliphatic heterocycles. The largest absolute Gasteiger partial charge is 0.493 e. The summed E-state index contributed by atoms with van der Waals surface area (Å²) < 4.78 is 16.4. The minimum absolute atomic E-state index is 0.342. The average molecular weight is 322 g/mol. The molecule has 5 nitrogen and oxygen atoms in total. The highest BCUT2D eigenvalue weighted by molar-refractivity contribution is 6.32. The summed E-state index contributed by atoms with van der Waals surface area (Å²) in [7, 11) is 1.54. The summed E-state index contributed by atoms with van der Waals surface area (Å²) in [6.07, 6.45) is 1.31. The van der Waals surface area contributed by atoms with Crippen LogP contribution in [0, 0.1) is 0 Å². The minimum atomic E-state index is 0.342. The molecule has 0 aliphatic rings. The zero-order valence-electron chi connectivity index (χ0n) is 12.0. The van der Waals surface area contributed by atoms with Crippen LogP contribution in [0.4, 0.5) is 0 Å². The molecular formula is C16H16ClNO4. The summed E-state index contributed by atoms with van der Waals surface area (Å²) in [5, 5.41) is 12.1. The third kappa shape index (κ3) is 4.30. The molecule has 0 fully saturated rings. The summed E-state index contributed by atoms with van der Waals surface area (Å²) in [5.74, 6) is 1.75. The van der Waals surface area contributed by atoms with Crippen LogP contribution in [-0.2, 0) is 0 Å². The van der Waals surface area contributed by atoms with Gasteiger partial charge in [0, 0.05) is 5.56 Å². The first-order valence-corrected chi connectivity index (χ1v) is 6.98. The maximum atomic E-state index is 8.53. The van der Waals surface area contributed by atoms with E-state index in [4.69, 9.17) is 31.0 Å². The van der Waals surface area contributed by atoms with Gasteiger partial charge in [-0.2, -0.15) is 0 Å². The molecule has 2 aromatic carbocycles. The normalized spacial score (nSPS) is 10.6. The summed E-state index contributed by atoms with van der Waals surface area (Å²) in [6, 6.07) is 12.5. The number of benzene rings is 2. The van der Waals surface area contributed by atoms with Gasteiger partial charge in [-0.05, 0) is 30.3 Å². The van der Waals surface area contributed by atoms with E-state index in [-0.39, 0.29) is 0 Å². The number of rotatable bonds is 7. The number of methoxy groups -OCH3 is 1. The molecule has 2 rings (SSSR count). The highest BCUT2D eigenvalue weighted by atomic mass is 35.5. The van der Waals surface area contributed by atoms with Crippen LogP contribution in [0.3, 0.4) is 0 Å². The van der Waals surface area contributed by atoms with Crippen LogP contribution in [0.2, 0.25) is 5.02 Å². The third-order valence-electron chi connectivity index (χ3n) is 2.83. The van der Waals surface area contributed by atoms with Crippen molar-refractivity contribution in [1.82, 2.24) is 0 Å². The van der Waals surface area contributed by atoms with E-state index in [0.29, 0.717) is 41.0 Å². The highest BCUT2D eigenvalue weighted by Gasteiger charge is 2.06. The molecule has 2 aromatic rings. The molecule has 0 saturated carbocycles. The Labute approximate surface area is 133 Å². The van der Waals surface area contributed by atoms with E-state index in [0.717, 1.165) is 0 Å². The number of ether oxygens (including phenoxy) is 3. The molecule has 0 atom stereocenters. The molecule has 0 spiro atoms. The van der Waals surface area contributed by atoms with Gasteiger partial charge in [0.15, 0.2) is 11.5 Å². The molecule has 0 bridgehead atoms. The molecule has 0 saturated heterocycles. The topological polar surface area (TPSA) is 60.3 Å². The smallest absolute Gasteiger partial charge is 0.161 e. The lowest BCUT2D eigenvalue weighted by Crippen LogP contribution is -2.09. The second-order valence-corrected chi connectivity index (χ2v) is 4.69. The van der Waals surface area contributed by atoms with Gasteiger partial charge >= 0.3 is 0 Å². The number of nitrogens with zero attached hydrogens (tertiary/aromatic N) is 1. The Kier molecular flexibility index (Phi) is 5.91. The van der Waals surface area contributed by atoms with Gasteiger partial charge in [-0.25, -0.2) is 0 Å². The van der Waals surface area contributed by atoms with Gasteiger partial charge in [0.1, 0.15) is 19.0 Å². The number of para-hydroxylation sites is 1. The molecule has 116 valence electrons. The van der Waals surface area contributed by atoms with Crippen molar-refractivity contribution in [2.45, 2.75) is 0 Å². The molecule has 0 heterocycles. The maximum Gasteiger partial charge on any atom is 0.161 e. The fraction of sp³-hybridized carbons (Fsp3) is 0.188. The number of halogens is 1. The minimum Gasteiger partial charge on any atom is -0.493 e. The first kappa shape index (κ1) is 16.0. The Morgan fingerprint density at radius 1 is 1.05 bits per heavy atom. The Balaban J connectivity index is 1.90. The maximum absolute atomic E-state index is 8.53. The van der Waals surface area contributed by atoms with Crippen molar-refractivity contribution in [3.8, 4) is 17.2 Å². The van der Waals surface area contributed by atoms with Crippen molar-refractivity contribution in [1.29, 1.82) is 0 Å². The van der Waals surface area contributed by atoms with Crippen molar-refractivity contribution in [3.05, 3.63) is 53.1 Å². The lowest BCUT2D eigenvalue weighted by molar-refractivity contribution is 0.211. The van der Waals surface area contributed by atoms with Gasteiger partial charge < -0.3 is 19.4 Å². The van der Waals surface area contributed by atoms with Crippen LogP contribution in [0.1, 0.15) is 5.56 Å². The summed E-state index contributed by atoms with van der Waals surface area (Å²) >= 11 is 6.00. The molecule has 1 N–H and O–H groups in total. The molecule has 22 heavy (non-hydrogen) atoms. The average Bonchev–Trinajstić information content (AvgIpc) is 2.54. The summed E-state index contributed by atoms with van der Waals surface area (Å²) in [6.45, 7) is 0.696. The lowest BCUT2D eigenvalue weighted by Gasteiger charge is -2.12. The lowest BCUT2D eigenvalue weighted by atomic mass is 10.2. The Morgan fingerprint density at radius 3 is 2.45 bits per heavy atom. The van der Waals surface area contributed by atoms with Gasteiger partial charge in [0.25, 0.3) is 0 Å². The van der Waals surface area contributed by atoms with Crippen LogP contribution in [0.5, 0.6) is 17.2 Å². The van der Waals surface area contributed by atoms with Gasteiger partial charge in [0.05, 0.1) is 18.3 Å². The Bertz CT molecular complexity index is 646. The van der Waals surface area contributed by atoms with E-state index < -0.39 is 0 Å². The van der Waals surface area contributed by atoms with E-state index in [9.17, 15) is 0 Å². The predicted octanol–water partition coefficient (Wildman–Crippen LogP) is 3.61. The van der Waals surface area contributed by atoms with E-state index in [1.165, 1.54) is 6.21 Å². The highest BCUT2D eigenvalue weighted by Crippen LogP contribution is 2.28. The molecule has 0 radical (unpaired) electrons. The quantitative estimate of drug-likeness (QED) is 0.366. The molecule has 0 aromatic heterocycles. The molecule has 0 amide bonds. The molecule has 0 unspecified atom stereocenters. The zero-order chi connectivity index (χ0) is 15.8. The van der Waals surface area contributed by atoms with Crippen LogP contribution in [0.15, 0.2) is 47.6 Å².